The van der Waals surface area contributed by atoms with Crippen molar-refractivity contribution in [2.45, 2.75) is 69.8 Å². The third-order valence-electron chi connectivity index (χ3n) is 4.57. The molecule has 0 radical (unpaired) electrons. The zero-order valence-corrected chi connectivity index (χ0v) is 11.1. The lowest BCUT2D eigenvalue weighted by molar-refractivity contribution is -0.126. The predicted octanol–water partition coefficient (Wildman–Crippen LogP) is 3.29. The number of rotatable bonds is 3. The number of hydrogen-bond acceptors (Lipinski definition) is 2. The van der Waals surface area contributed by atoms with Gasteiger partial charge < -0.3 is 5.73 Å². The van der Waals surface area contributed by atoms with Crippen molar-refractivity contribution in [1.82, 2.24) is 0 Å². The van der Waals surface area contributed by atoms with Crippen molar-refractivity contribution in [3.05, 3.63) is 0 Å². The molecule has 0 bridgehead atoms. The number of nitrogens with two attached hydrogens (primary N) is 1. The standard InChI is InChI=1S/C14H23F2NO/c1-10-3-2-5-13(17,8-10)12(18)7-11-4-6-14(15,16)9-11/h10-11H,2-9,17H2,1H3. The third kappa shape index (κ3) is 3.08. The van der Waals surface area contributed by atoms with E-state index in [2.05, 4.69) is 6.92 Å². The van der Waals surface area contributed by atoms with Gasteiger partial charge in [0.2, 0.25) is 5.92 Å². The summed E-state index contributed by atoms with van der Waals surface area (Å²) in [5.74, 6) is -2.24. The first-order valence-electron chi connectivity index (χ1n) is 7.01. The summed E-state index contributed by atoms with van der Waals surface area (Å²) in [6.45, 7) is 2.11. The molecule has 18 heavy (non-hydrogen) atoms. The monoisotopic (exact) mass is 259 g/mol. The molecule has 2 nitrogen and oxygen atoms in total. The van der Waals surface area contributed by atoms with Crippen LogP contribution in [0.2, 0.25) is 0 Å². The van der Waals surface area contributed by atoms with Crippen molar-refractivity contribution in [2.75, 3.05) is 0 Å². The van der Waals surface area contributed by atoms with Crippen molar-refractivity contribution < 1.29 is 13.6 Å². The molecule has 2 aliphatic carbocycles. The average molecular weight is 259 g/mol. The Labute approximate surface area is 107 Å². The van der Waals surface area contributed by atoms with Crippen LogP contribution in [0.5, 0.6) is 0 Å². The van der Waals surface area contributed by atoms with Crippen LogP contribution in [0, 0.1) is 11.8 Å². The molecular formula is C14H23F2NO. The van der Waals surface area contributed by atoms with E-state index in [-0.39, 0.29) is 31.0 Å². The molecular weight excluding hydrogens is 236 g/mol. The van der Waals surface area contributed by atoms with Crippen LogP contribution in [-0.2, 0) is 4.79 Å². The maximum atomic E-state index is 13.1. The molecule has 0 aromatic rings. The summed E-state index contributed by atoms with van der Waals surface area (Å²) in [6.07, 6.45) is 4.04. The Morgan fingerprint density at radius 2 is 2.00 bits per heavy atom. The van der Waals surface area contributed by atoms with Crippen LogP contribution in [0.15, 0.2) is 0 Å². The number of ketones is 1. The molecule has 3 unspecified atom stereocenters. The van der Waals surface area contributed by atoms with Gasteiger partial charge in [-0.05, 0) is 31.1 Å². The van der Waals surface area contributed by atoms with Gasteiger partial charge in [0.25, 0.3) is 0 Å². The van der Waals surface area contributed by atoms with Crippen molar-refractivity contribution >= 4 is 5.78 Å². The topological polar surface area (TPSA) is 43.1 Å². The SMILES string of the molecule is CC1CCCC(N)(C(=O)CC2CCC(F)(F)C2)C1. The molecule has 3 atom stereocenters. The van der Waals surface area contributed by atoms with E-state index in [9.17, 15) is 13.6 Å². The fourth-order valence-corrected chi connectivity index (χ4v) is 3.53. The Morgan fingerprint density at radius 1 is 1.28 bits per heavy atom. The second kappa shape index (κ2) is 4.87. The highest BCUT2D eigenvalue weighted by Gasteiger charge is 2.43. The number of hydrogen-bond donors (Lipinski definition) is 1. The minimum absolute atomic E-state index is 0.0109. The summed E-state index contributed by atoms with van der Waals surface area (Å²) in [6, 6.07) is 0. The number of alkyl halides is 2. The highest BCUT2D eigenvalue weighted by molar-refractivity contribution is 5.88. The van der Waals surface area contributed by atoms with E-state index < -0.39 is 11.5 Å². The van der Waals surface area contributed by atoms with E-state index in [0.29, 0.717) is 12.3 Å². The highest BCUT2D eigenvalue weighted by atomic mass is 19.3. The lowest BCUT2D eigenvalue weighted by atomic mass is 9.73. The Bertz CT molecular complexity index is 332. The van der Waals surface area contributed by atoms with Gasteiger partial charge in [0.05, 0.1) is 5.54 Å². The van der Waals surface area contributed by atoms with E-state index in [0.717, 1.165) is 25.7 Å². The van der Waals surface area contributed by atoms with Gasteiger partial charge in [-0.2, -0.15) is 0 Å². The van der Waals surface area contributed by atoms with Crippen LogP contribution in [0.1, 0.15) is 58.3 Å². The van der Waals surface area contributed by atoms with Gasteiger partial charge in [0.1, 0.15) is 0 Å². The summed E-state index contributed by atoms with van der Waals surface area (Å²) >= 11 is 0. The van der Waals surface area contributed by atoms with Crippen molar-refractivity contribution in [3.63, 3.8) is 0 Å². The second-order valence-corrected chi connectivity index (χ2v) is 6.45. The quantitative estimate of drug-likeness (QED) is 0.845. The largest absolute Gasteiger partial charge is 0.319 e. The Balaban J connectivity index is 1.91. The summed E-state index contributed by atoms with van der Waals surface area (Å²) < 4.78 is 26.2. The lowest BCUT2D eigenvalue weighted by Gasteiger charge is -2.36. The fraction of sp³-hybridized carbons (Fsp3) is 0.929. The number of carbonyl (C=O) groups is 1. The van der Waals surface area contributed by atoms with E-state index in [1.165, 1.54) is 0 Å². The van der Waals surface area contributed by atoms with Crippen LogP contribution < -0.4 is 5.73 Å². The van der Waals surface area contributed by atoms with Crippen molar-refractivity contribution in [1.29, 1.82) is 0 Å². The number of halogens is 2. The van der Waals surface area contributed by atoms with Crippen LogP contribution in [0.4, 0.5) is 8.78 Å². The summed E-state index contributed by atoms with van der Waals surface area (Å²) in [4.78, 5) is 12.3. The molecule has 2 saturated carbocycles. The molecule has 0 aromatic heterocycles. The van der Waals surface area contributed by atoms with Crippen LogP contribution >= 0.6 is 0 Å². The molecule has 2 N–H and O–H groups in total. The molecule has 4 heteroatoms. The minimum atomic E-state index is -2.56. The first kappa shape index (κ1) is 13.9. The van der Waals surface area contributed by atoms with Crippen molar-refractivity contribution in [3.8, 4) is 0 Å². The first-order valence-corrected chi connectivity index (χ1v) is 7.01. The van der Waals surface area contributed by atoms with Gasteiger partial charge in [-0.3, -0.25) is 4.79 Å². The van der Waals surface area contributed by atoms with Gasteiger partial charge in [-0.1, -0.05) is 19.8 Å². The molecule has 0 heterocycles. The predicted molar refractivity (Wildman–Crippen MR) is 66.5 cm³/mol. The normalized spacial score (nSPS) is 39.8. The van der Waals surface area contributed by atoms with E-state index in [1.54, 1.807) is 0 Å². The van der Waals surface area contributed by atoms with Gasteiger partial charge in [-0.15, -0.1) is 0 Å². The number of Topliss-reactive ketones (excluding diaryl/α,β-unsaturated/α-hetero) is 1. The minimum Gasteiger partial charge on any atom is -0.319 e. The molecule has 104 valence electrons. The lowest BCUT2D eigenvalue weighted by Crippen LogP contribution is -2.51. The molecule has 0 aliphatic heterocycles. The summed E-state index contributed by atoms with van der Waals surface area (Å²) in [5.41, 5.74) is 5.46. The molecule has 2 fully saturated rings. The van der Waals surface area contributed by atoms with Crippen molar-refractivity contribution in [2.24, 2.45) is 17.6 Å². The molecule has 2 aliphatic rings. The Morgan fingerprint density at radius 3 is 2.56 bits per heavy atom. The molecule has 0 saturated heterocycles. The maximum Gasteiger partial charge on any atom is 0.248 e. The van der Waals surface area contributed by atoms with Crippen LogP contribution in [0.25, 0.3) is 0 Å². The van der Waals surface area contributed by atoms with Gasteiger partial charge >= 0.3 is 0 Å². The summed E-state index contributed by atoms with van der Waals surface area (Å²) in [5, 5.41) is 0. The first-order chi connectivity index (χ1) is 8.31. The fourth-order valence-electron chi connectivity index (χ4n) is 3.53. The van der Waals surface area contributed by atoms with Gasteiger partial charge in [0, 0.05) is 19.3 Å². The van der Waals surface area contributed by atoms with Gasteiger partial charge in [0.15, 0.2) is 5.78 Å². The van der Waals surface area contributed by atoms with Crippen LogP contribution in [0.3, 0.4) is 0 Å². The highest BCUT2D eigenvalue weighted by Crippen LogP contribution is 2.42. The summed E-state index contributed by atoms with van der Waals surface area (Å²) in [7, 11) is 0. The third-order valence-corrected chi connectivity index (χ3v) is 4.57. The Kier molecular flexibility index (Phi) is 3.77. The van der Waals surface area contributed by atoms with E-state index in [4.69, 9.17) is 5.73 Å². The average Bonchev–Trinajstić information content (AvgIpc) is 2.57. The zero-order valence-electron chi connectivity index (χ0n) is 11.1. The maximum absolute atomic E-state index is 13.1. The Hall–Kier alpha value is -0.510. The molecule has 2 rings (SSSR count). The van der Waals surface area contributed by atoms with E-state index in [1.807, 2.05) is 0 Å². The molecule has 0 spiro atoms. The molecule has 0 aromatic carbocycles. The number of carbonyl (C=O) groups excluding carboxylic acids is 1. The zero-order chi connectivity index (χ0) is 13.4. The smallest absolute Gasteiger partial charge is 0.248 e. The van der Waals surface area contributed by atoms with E-state index >= 15 is 0 Å². The second-order valence-electron chi connectivity index (χ2n) is 6.45. The molecule has 0 amide bonds. The van der Waals surface area contributed by atoms with Gasteiger partial charge in [-0.25, -0.2) is 8.78 Å². The van der Waals surface area contributed by atoms with Crippen LogP contribution in [-0.4, -0.2) is 17.2 Å².